The average molecular weight is 243 g/mol. The van der Waals surface area contributed by atoms with Gasteiger partial charge in [-0.25, -0.2) is 0 Å². The minimum Gasteiger partial charge on any atom is -0.375 e. The third-order valence-electron chi connectivity index (χ3n) is 4.37. The van der Waals surface area contributed by atoms with E-state index in [1.807, 2.05) is 6.07 Å². The summed E-state index contributed by atoms with van der Waals surface area (Å²) >= 11 is 0. The number of hydrogen-bond donors (Lipinski definition) is 1. The minimum absolute atomic E-state index is 0.0329. The molecular weight excluding hydrogens is 222 g/mol. The Kier molecular flexibility index (Phi) is 3.35. The Morgan fingerprint density at radius 3 is 2.50 bits per heavy atom. The molecule has 0 bridgehead atoms. The SMILES string of the molecule is O=C(C1CCCCCC1)C1Cc2ccccc2N1. The summed E-state index contributed by atoms with van der Waals surface area (Å²) < 4.78 is 0. The van der Waals surface area contributed by atoms with E-state index in [-0.39, 0.29) is 6.04 Å². The predicted octanol–water partition coefficient (Wildman–Crippen LogP) is 3.56. The number of hydrogen-bond acceptors (Lipinski definition) is 2. The lowest BCUT2D eigenvalue weighted by Gasteiger charge is -2.18. The van der Waals surface area contributed by atoms with Crippen LogP contribution >= 0.6 is 0 Å². The highest BCUT2D eigenvalue weighted by Crippen LogP contribution is 2.30. The summed E-state index contributed by atoms with van der Waals surface area (Å²) in [6, 6.07) is 8.33. The Hall–Kier alpha value is -1.31. The van der Waals surface area contributed by atoms with Crippen molar-refractivity contribution in [2.75, 3.05) is 5.32 Å². The summed E-state index contributed by atoms with van der Waals surface area (Å²) in [6.45, 7) is 0. The molecule has 1 atom stereocenters. The van der Waals surface area contributed by atoms with Crippen LogP contribution in [0.3, 0.4) is 0 Å². The van der Waals surface area contributed by atoms with Crippen molar-refractivity contribution >= 4 is 11.5 Å². The number of nitrogens with one attached hydrogen (secondary N) is 1. The molecule has 0 spiro atoms. The number of fused-ring (bicyclic) bond motifs is 1. The number of Topliss-reactive ketones (excluding diaryl/α,β-unsaturated/α-hetero) is 1. The van der Waals surface area contributed by atoms with Crippen molar-refractivity contribution < 1.29 is 4.79 Å². The highest BCUT2D eigenvalue weighted by atomic mass is 16.1. The van der Waals surface area contributed by atoms with Gasteiger partial charge in [-0.15, -0.1) is 0 Å². The van der Waals surface area contributed by atoms with Crippen LogP contribution in [0.15, 0.2) is 24.3 Å². The lowest BCUT2D eigenvalue weighted by atomic mass is 9.90. The number of ketones is 1. The molecule has 3 rings (SSSR count). The van der Waals surface area contributed by atoms with Gasteiger partial charge in [-0.05, 0) is 24.5 Å². The van der Waals surface area contributed by atoms with Crippen LogP contribution in [0, 0.1) is 5.92 Å². The topological polar surface area (TPSA) is 29.1 Å². The number of benzene rings is 1. The van der Waals surface area contributed by atoms with Gasteiger partial charge in [0.1, 0.15) is 0 Å². The zero-order valence-electron chi connectivity index (χ0n) is 10.8. The molecule has 1 aromatic rings. The summed E-state index contributed by atoms with van der Waals surface area (Å²) in [4.78, 5) is 12.6. The summed E-state index contributed by atoms with van der Waals surface area (Å²) in [6.07, 6.45) is 8.17. The Bertz CT molecular complexity index is 407. The predicted molar refractivity (Wildman–Crippen MR) is 73.8 cm³/mol. The average Bonchev–Trinajstić information content (AvgIpc) is 2.64. The maximum absolute atomic E-state index is 12.6. The van der Waals surface area contributed by atoms with Crippen LogP contribution in [0.25, 0.3) is 0 Å². The van der Waals surface area contributed by atoms with Crippen LogP contribution in [-0.2, 0) is 11.2 Å². The van der Waals surface area contributed by atoms with Gasteiger partial charge in [-0.3, -0.25) is 4.79 Å². The molecule has 0 amide bonds. The van der Waals surface area contributed by atoms with E-state index in [0.717, 1.165) is 24.9 Å². The Balaban J connectivity index is 1.68. The van der Waals surface area contributed by atoms with Crippen molar-refractivity contribution in [3.8, 4) is 0 Å². The Labute approximate surface area is 109 Å². The molecule has 0 radical (unpaired) electrons. The molecule has 0 aromatic heterocycles. The van der Waals surface area contributed by atoms with Gasteiger partial charge in [0.25, 0.3) is 0 Å². The van der Waals surface area contributed by atoms with Gasteiger partial charge in [0.15, 0.2) is 5.78 Å². The van der Waals surface area contributed by atoms with Crippen molar-refractivity contribution in [1.82, 2.24) is 0 Å². The third-order valence-corrected chi connectivity index (χ3v) is 4.37. The van der Waals surface area contributed by atoms with E-state index in [9.17, 15) is 4.79 Å². The molecule has 1 fully saturated rings. The molecule has 0 saturated heterocycles. The van der Waals surface area contributed by atoms with Crippen molar-refractivity contribution in [2.45, 2.75) is 51.0 Å². The van der Waals surface area contributed by atoms with Crippen molar-refractivity contribution in [1.29, 1.82) is 0 Å². The lowest BCUT2D eigenvalue weighted by Crippen LogP contribution is -2.32. The first-order chi connectivity index (χ1) is 8.84. The molecule has 2 heteroatoms. The maximum atomic E-state index is 12.6. The monoisotopic (exact) mass is 243 g/mol. The zero-order valence-corrected chi connectivity index (χ0v) is 10.8. The third kappa shape index (κ3) is 2.29. The second kappa shape index (κ2) is 5.13. The van der Waals surface area contributed by atoms with Crippen LogP contribution < -0.4 is 5.32 Å². The molecular formula is C16H21NO. The second-order valence-corrected chi connectivity index (χ2v) is 5.65. The summed E-state index contributed by atoms with van der Waals surface area (Å²) in [7, 11) is 0. The van der Waals surface area contributed by atoms with Crippen molar-refractivity contribution in [3.05, 3.63) is 29.8 Å². The summed E-state index contributed by atoms with van der Waals surface area (Å²) in [5.41, 5.74) is 2.45. The molecule has 1 aliphatic heterocycles. The second-order valence-electron chi connectivity index (χ2n) is 5.65. The van der Waals surface area contributed by atoms with Crippen LogP contribution in [0.1, 0.15) is 44.1 Å². The number of para-hydroxylation sites is 1. The minimum atomic E-state index is 0.0329. The highest BCUT2D eigenvalue weighted by Gasteiger charge is 2.31. The zero-order chi connectivity index (χ0) is 12.4. The van der Waals surface area contributed by atoms with E-state index < -0.39 is 0 Å². The van der Waals surface area contributed by atoms with Crippen LogP contribution in [-0.4, -0.2) is 11.8 Å². The Morgan fingerprint density at radius 1 is 1.06 bits per heavy atom. The van der Waals surface area contributed by atoms with E-state index in [1.54, 1.807) is 0 Å². The number of rotatable bonds is 2. The highest BCUT2D eigenvalue weighted by molar-refractivity contribution is 5.91. The fraction of sp³-hybridized carbons (Fsp3) is 0.562. The molecule has 96 valence electrons. The molecule has 1 N–H and O–H groups in total. The van der Waals surface area contributed by atoms with Gasteiger partial charge in [0.05, 0.1) is 6.04 Å². The van der Waals surface area contributed by atoms with E-state index in [0.29, 0.717) is 11.7 Å². The molecule has 1 unspecified atom stereocenters. The first kappa shape index (κ1) is 11.8. The lowest BCUT2D eigenvalue weighted by molar-refractivity contribution is -0.123. The van der Waals surface area contributed by atoms with E-state index in [2.05, 4.69) is 23.5 Å². The van der Waals surface area contributed by atoms with Crippen molar-refractivity contribution in [3.63, 3.8) is 0 Å². The number of carbonyl (C=O) groups is 1. The summed E-state index contributed by atoms with van der Waals surface area (Å²) in [5.74, 6) is 0.757. The molecule has 1 aliphatic carbocycles. The normalized spacial score (nSPS) is 24.1. The van der Waals surface area contributed by atoms with Crippen LogP contribution in [0.2, 0.25) is 0 Å². The van der Waals surface area contributed by atoms with Gasteiger partial charge in [0, 0.05) is 18.0 Å². The van der Waals surface area contributed by atoms with Gasteiger partial charge in [-0.1, -0.05) is 43.9 Å². The number of anilines is 1. The molecule has 1 heterocycles. The standard InChI is InChI=1S/C16H21NO/c18-16(12-7-3-1-2-4-8-12)15-11-13-9-5-6-10-14(13)17-15/h5-6,9-10,12,15,17H,1-4,7-8,11H2. The van der Waals surface area contributed by atoms with E-state index in [4.69, 9.17) is 0 Å². The van der Waals surface area contributed by atoms with Gasteiger partial charge < -0.3 is 5.32 Å². The quantitative estimate of drug-likeness (QED) is 0.805. The largest absolute Gasteiger partial charge is 0.375 e. The molecule has 18 heavy (non-hydrogen) atoms. The fourth-order valence-corrected chi connectivity index (χ4v) is 3.32. The number of carbonyl (C=O) groups excluding carboxylic acids is 1. The summed E-state index contributed by atoms with van der Waals surface area (Å²) in [5, 5.41) is 3.40. The molecule has 2 nitrogen and oxygen atoms in total. The Morgan fingerprint density at radius 2 is 1.78 bits per heavy atom. The first-order valence-electron chi connectivity index (χ1n) is 7.23. The van der Waals surface area contributed by atoms with Crippen LogP contribution in [0.5, 0.6) is 0 Å². The smallest absolute Gasteiger partial charge is 0.158 e. The fourth-order valence-electron chi connectivity index (χ4n) is 3.32. The molecule has 2 aliphatic rings. The van der Waals surface area contributed by atoms with E-state index in [1.165, 1.54) is 31.2 Å². The molecule has 1 aromatic carbocycles. The molecule has 1 saturated carbocycles. The van der Waals surface area contributed by atoms with Crippen LogP contribution in [0.4, 0.5) is 5.69 Å². The van der Waals surface area contributed by atoms with E-state index >= 15 is 0 Å². The van der Waals surface area contributed by atoms with Gasteiger partial charge in [0.2, 0.25) is 0 Å². The van der Waals surface area contributed by atoms with Gasteiger partial charge in [-0.2, -0.15) is 0 Å². The van der Waals surface area contributed by atoms with Gasteiger partial charge >= 0.3 is 0 Å². The maximum Gasteiger partial charge on any atom is 0.158 e. The van der Waals surface area contributed by atoms with Crippen molar-refractivity contribution in [2.24, 2.45) is 5.92 Å². The first-order valence-corrected chi connectivity index (χ1v) is 7.23.